The topological polar surface area (TPSA) is 52.3 Å². The first-order valence-corrected chi connectivity index (χ1v) is 5.49. The van der Waals surface area contributed by atoms with E-state index in [4.69, 9.17) is 22.1 Å². The lowest BCUT2D eigenvalue weighted by molar-refractivity contribution is -0.143. The second-order valence-corrected chi connectivity index (χ2v) is 4.50. The molecule has 1 heterocycles. The lowest BCUT2D eigenvalue weighted by Crippen LogP contribution is -2.16. The molecule has 0 aliphatic rings. The Morgan fingerprint density at radius 2 is 2.43 bits per heavy atom. The standard InChI is InChI=1S/C9H12ClNO2S/c1-2-13-9(12)5-6(11)7-3-4-8(10)14-7/h3-4,6H,2,5,11H2,1H3. The van der Waals surface area contributed by atoms with Crippen LogP contribution in [0, 0.1) is 0 Å². The smallest absolute Gasteiger partial charge is 0.307 e. The van der Waals surface area contributed by atoms with Crippen molar-refractivity contribution in [3.63, 3.8) is 0 Å². The third-order valence-corrected chi connectivity index (χ3v) is 3.01. The van der Waals surface area contributed by atoms with E-state index in [0.717, 1.165) is 4.88 Å². The number of ether oxygens (including phenoxy) is 1. The van der Waals surface area contributed by atoms with Gasteiger partial charge in [-0.3, -0.25) is 4.79 Å². The number of halogens is 1. The second kappa shape index (κ2) is 5.34. The predicted octanol–water partition coefficient (Wildman–Crippen LogP) is 2.35. The van der Waals surface area contributed by atoms with Crippen molar-refractivity contribution in [2.24, 2.45) is 5.73 Å². The summed E-state index contributed by atoms with van der Waals surface area (Å²) >= 11 is 7.14. The van der Waals surface area contributed by atoms with Crippen LogP contribution in [-0.2, 0) is 9.53 Å². The van der Waals surface area contributed by atoms with Gasteiger partial charge in [-0.1, -0.05) is 11.6 Å². The summed E-state index contributed by atoms with van der Waals surface area (Å²) in [5, 5.41) is 0. The number of hydrogen-bond donors (Lipinski definition) is 1. The fourth-order valence-corrected chi connectivity index (χ4v) is 2.09. The summed E-state index contributed by atoms with van der Waals surface area (Å²) < 4.78 is 5.47. The summed E-state index contributed by atoms with van der Waals surface area (Å²) in [6.45, 7) is 2.15. The number of thiophene rings is 1. The van der Waals surface area contributed by atoms with Gasteiger partial charge in [0.2, 0.25) is 0 Å². The van der Waals surface area contributed by atoms with E-state index in [0.29, 0.717) is 10.9 Å². The number of carbonyl (C=O) groups is 1. The van der Waals surface area contributed by atoms with Crippen LogP contribution in [0.1, 0.15) is 24.3 Å². The fraction of sp³-hybridized carbons (Fsp3) is 0.444. The van der Waals surface area contributed by atoms with E-state index in [1.165, 1.54) is 11.3 Å². The van der Waals surface area contributed by atoms with Gasteiger partial charge < -0.3 is 10.5 Å². The van der Waals surface area contributed by atoms with Crippen LogP contribution in [0.25, 0.3) is 0 Å². The molecule has 1 aromatic rings. The monoisotopic (exact) mass is 233 g/mol. The summed E-state index contributed by atoms with van der Waals surface area (Å²) in [6.07, 6.45) is 0.199. The van der Waals surface area contributed by atoms with Gasteiger partial charge in [-0.05, 0) is 19.1 Å². The number of nitrogens with two attached hydrogens (primary N) is 1. The Balaban J connectivity index is 2.50. The van der Waals surface area contributed by atoms with Crippen LogP contribution in [0.3, 0.4) is 0 Å². The van der Waals surface area contributed by atoms with Crippen LogP contribution >= 0.6 is 22.9 Å². The van der Waals surface area contributed by atoms with Gasteiger partial charge in [-0.15, -0.1) is 11.3 Å². The molecule has 0 fully saturated rings. The first-order valence-electron chi connectivity index (χ1n) is 4.30. The van der Waals surface area contributed by atoms with Crippen LogP contribution in [0.15, 0.2) is 12.1 Å². The van der Waals surface area contributed by atoms with E-state index >= 15 is 0 Å². The van der Waals surface area contributed by atoms with Gasteiger partial charge in [0.1, 0.15) is 0 Å². The van der Waals surface area contributed by atoms with Crippen molar-refractivity contribution >= 4 is 28.9 Å². The molecule has 14 heavy (non-hydrogen) atoms. The maximum Gasteiger partial charge on any atom is 0.307 e. The minimum absolute atomic E-state index is 0.199. The quantitative estimate of drug-likeness (QED) is 0.813. The second-order valence-electron chi connectivity index (χ2n) is 2.76. The van der Waals surface area contributed by atoms with E-state index < -0.39 is 0 Å². The Kier molecular flexibility index (Phi) is 4.38. The van der Waals surface area contributed by atoms with Gasteiger partial charge in [0.05, 0.1) is 17.4 Å². The highest BCUT2D eigenvalue weighted by Crippen LogP contribution is 2.27. The highest BCUT2D eigenvalue weighted by Gasteiger charge is 2.13. The molecule has 0 amide bonds. The summed E-state index contributed by atoms with van der Waals surface area (Å²) in [5.74, 6) is -0.274. The summed E-state index contributed by atoms with van der Waals surface area (Å²) in [6, 6.07) is 3.29. The zero-order valence-corrected chi connectivity index (χ0v) is 9.40. The molecular weight excluding hydrogens is 222 g/mol. The fourth-order valence-electron chi connectivity index (χ4n) is 1.03. The molecule has 2 N–H and O–H groups in total. The number of esters is 1. The molecule has 0 radical (unpaired) electrons. The minimum Gasteiger partial charge on any atom is -0.466 e. The van der Waals surface area contributed by atoms with Crippen LogP contribution in [0.5, 0.6) is 0 Å². The number of rotatable bonds is 4. The molecule has 1 atom stereocenters. The van der Waals surface area contributed by atoms with E-state index in [2.05, 4.69) is 0 Å². The molecule has 0 aromatic carbocycles. The average Bonchev–Trinajstić information content (AvgIpc) is 2.52. The molecule has 0 aliphatic carbocycles. The van der Waals surface area contributed by atoms with Gasteiger partial charge in [-0.25, -0.2) is 0 Å². The van der Waals surface area contributed by atoms with Crippen LogP contribution in [-0.4, -0.2) is 12.6 Å². The Morgan fingerprint density at radius 3 is 2.93 bits per heavy atom. The zero-order chi connectivity index (χ0) is 10.6. The highest BCUT2D eigenvalue weighted by molar-refractivity contribution is 7.16. The Morgan fingerprint density at radius 1 is 1.71 bits per heavy atom. The molecule has 0 spiro atoms. The third kappa shape index (κ3) is 3.29. The lowest BCUT2D eigenvalue weighted by Gasteiger charge is -2.07. The first-order chi connectivity index (χ1) is 6.63. The van der Waals surface area contributed by atoms with Crippen LogP contribution in [0.2, 0.25) is 4.34 Å². The maximum atomic E-state index is 11.1. The highest BCUT2D eigenvalue weighted by atomic mass is 35.5. The molecule has 78 valence electrons. The van der Waals surface area contributed by atoms with Gasteiger partial charge in [0.25, 0.3) is 0 Å². The molecule has 0 saturated heterocycles. The van der Waals surface area contributed by atoms with Gasteiger partial charge >= 0.3 is 5.97 Å². The van der Waals surface area contributed by atoms with E-state index in [1.807, 2.05) is 6.07 Å². The molecule has 0 aliphatic heterocycles. The maximum absolute atomic E-state index is 11.1. The minimum atomic E-state index is -0.313. The molecule has 0 bridgehead atoms. The van der Waals surface area contributed by atoms with Crippen molar-refractivity contribution < 1.29 is 9.53 Å². The predicted molar refractivity (Wildman–Crippen MR) is 57.5 cm³/mol. The molecule has 3 nitrogen and oxygen atoms in total. The van der Waals surface area contributed by atoms with E-state index in [9.17, 15) is 4.79 Å². The van der Waals surface area contributed by atoms with Crippen molar-refractivity contribution in [3.05, 3.63) is 21.3 Å². The Labute approximate surface area is 91.8 Å². The number of hydrogen-bond acceptors (Lipinski definition) is 4. The van der Waals surface area contributed by atoms with E-state index in [-0.39, 0.29) is 18.4 Å². The van der Waals surface area contributed by atoms with Crippen LogP contribution in [0.4, 0.5) is 0 Å². The van der Waals surface area contributed by atoms with E-state index in [1.54, 1.807) is 13.0 Å². The van der Waals surface area contributed by atoms with Gasteiger partial charge in [-0.2, -0.15) is 0 Å². The molecule has 5 heteroatoms. The summed E-state index contributed by atoms with van der Waals surface area (Å²) in [5.41, 5.74) is 5.79. The SMILES string of the molecule is CCOC(=O)CC(N)c1ccc(Cl)s1. The molecular formula is C9H12ClNO2S. The van der Waals surface area contributed by atoms with Crippen molar-refractivity contribution in [2.45, 2.75) is 19.4 Å². The first kappa shape index (κ1) is 11.5. The molecule has 1 rings (SSSR count). The Hall–Kier alpha value is -0.580. The van der Waals surface area contributed by atoms with Gasteiger partial charge in [0, 0.05) is 10.9 Å². The zero-order valence-electron chi connectivity index (χ0n) is 7.83. The lowest BCUT2D eigenvalue weighted by atomic mass is 10.2. The van der Waals surface area contributed by atoms with Crippen molar-refractivity contribution in [1.29, 1.82) is 0 Å². The summed E-state index contributed by atoms with van der Waals surface area (Å²) in [4.78, 5) is 12.0. The summed E-state index contributed by atoms with van der Waals surface area (Å²) in [7, 11) is 0. The largest absolute Gasteiger partial charge is 0.466 e. The third-order valence-electron chi connectivity index (χ3n) is 1.65. The van der Waals surface area contributed by atoms with Gasteiger partial charge in [0.15, 0.2) is 0 Å². The Bertz CT molecular complexity index is 314. The van der Waals surface area contributed by atoms with Crippen molar-refractivity contribution in [3.8, 4) is 0 Å². The molecule has 1 unspecified atom stereocenters. The average molecular weight is 234 g/mol. The van der Waals surface area contributed by atoms with Crippen molar-refractivity contribution in [2.75, 3.05) is 6.61 Å². The normalized spacial score (nSPS) is 12.5. The van der Waals surface area contributed by atoms with Crippen LogP contribution < -0.4 is 5.73 Å². The number of carbonyl (C=O) groups excluding carboxylic acids is 1. The molecule has 1 aromatic heterocycles. The molecule has 0 saturated carbocycles. The van der Waals surface area contributed by atoms with Crippen molar-refractivity contribution in [1.82, 2.24) is 0 Å².